The third-order valence-electron chi connectivity index (χ3n) is 2.01. The van der Waals surface area contributed by atoms with Crippen LogP contribution < -0.4 is 0 Å². The van der Waals surface area contributed by atoms with E-state index in [1.54, 1.807) is 10.9 Å². The van der Waals surface area contributed by atoms with E-state index in [2.05, 4.69) is 15.3 Å². The lowest BCUT2D eigenvalue weighted by atomic mass is 10.3. The lowest BCUT2D eigenvalue weighted by Gasteiger charge is -1.95. The van der Waals surface area contributed by atoms with Gasteiger partial charge in [0.2, 0.25) is 0 Å². The summed E-state index contributed by atoms with van der Waals surface area (Å²) in [5, 5.41) is 16.6. The first-order valence-corrected chi connectivity index (χ1v) is 4.82. The molecule has 78 valence electrons. The van der Waals surface area contributed by atoms with Crippen LogP contribution in [0.3, 0.4) is 0 Å². The molecule has 0 saturated heterocycles. The molecule has 2 aromatic heterocycles. The predicted octanol–water partition coefficient (Wildman–Crippen LogP) is 0.722. The number of aryl methyl sites for hydroxylation is 1. The van der Waals surface area contributed by atoms with Gasteiger partial charge in [-0.15, -0.1) is 5.10 Å². The largest absolute Gasteiger partial charge is 0.396 e. The lowest BCUT2D eigenvalue weighted by Crippen LogP contribution is -2.00. The highest BCUT2D eigenvalue weighted by Gasteiger charge is 2.03. The van der Waals surface area contributed by atoms with Gasteiger partial charge in [0.25, 0.3) is 0 Å². The Kier molecular flexibility index (Phi) is 3.04. The minimum absolute atomic E-state index is 0.165. The SMILES string of the molecule is OCCCn1cc(-c2ccccn2)nn1. The van der Waals surface area contributed by atoms with Crippen molar-refractivity contribution in [2.75, 3.05) is 6.61 Å². The van der Waals surface area contributed by atoms with Gasteiger partial charge in [-0.3, -0.25) is 9.67 Å². The van der Waals surface area contributed by atoms with E-state index < -0.39 is 0 Å². The Morgan fingerprint density at radius 1 is 1.27 bits per heavy atom. The Hall–Kier alpha value is -1.75. The van der Waals surface area contributed by atoms with Crippen LogP contribution in [0.2, 0.25) is 0 Å². The first kappa shape index (κ1) is 9.79. The fourth-order valence-corrected chi connectivity index (χ4v) is 1.27. The minimum atomic E-state index is 0.165. The molecule has 0 aliphatic carbocycles. The molecule has 0 spiro atoms. The fourth-order valence-electron chi connectivity index (χ4n) is 1.27. The molecule has 0 fully saturated rings. The summed E-state index contributed by atoms with van der Waals surface area (Å²) in [5.74, 6) is 0. The van der Waals surface area contributed by atoms with Crippen LogP contribution in [0.4, 0.5) is 0 Å². The van der Waals surface area contributed by atoms with E-state index >= 15 is 0 Å². The van der Waals surface area contributed by atoms with Gasteiger partial charge in [0.15, 0.2) is 0 Å². The Morgan fingerprint density at radius 3 is 2.93 bits per heavy atom. The molecule has 2 rings (SSSR count). The maximum Gasteiger partial charge on any atom is 0.131 e. The van der Waals surface area contributed by atoms with Crippen molar-refractivity contribution in [1.82, 2.24) is 20.0 Å². The Labute approximate surface area is 87.4 Å². The Balaban J connectivity index is 2.14. The Bertz CT molecular complexity index is 412. The van der Waals surface area contributed by atoms with Crippen LogP contribution in [0, 0.1) is 0 Å². The van der Waals surface area contributed by atoms with E-state index in [0.717, 1.165) is 11.4 Å². The van der Waals surface area contributed by atoms with E-state index in [-0.39, 0.29) is 6.61 Å². The molecule has 0 atom stereocenters. The van der Waals surface area contributed by atoms with Gasteiger partial charge in [-0.25, -0.2) is 0 Å². The number of aromatic nitrogens is 4. The zero-order valence-electron chi connectivity index (χ0n) is 8.24. The molecular formula is C10H12N4O. The second-order valence-electron chi connectivity index (χ2n) is 3.16. The number of hydrogen-bond donors (Lipinski definition) is 1. The third kappa shape index (κ3) is 2.38. The molecule has 15 heavy (non-hydrogen) atoms. The van der Waals surface area contributed by atoms with Crippen LogP contribution in [-0.2, 0) is 6.54 Å². The van der Waals surface area contributed by atoms with Crippen LogP contribution in [0.15, 0.2) is 30.6 Å². The average Bonchev–Trinajstić information content (AvgIpc) is 2.76. The molecule has 0 unspecified atom stereocenters. The molecule has 0 radical (unpaired) electrons. The molecule has 0 aromatic carbocycles. The number of hydrogen-bond acceptors (Lipinski definition) is 4. The van der Waals surface area contributed by atoms with Crippen molar-refractivity contribution in [3.05, 3.63) is 30.6 Å². The first-order valence-electron chi connectivity index (χ1n) is 4.82. The predicted molar refractivity (Wildman–Crippen MR) is 55.0 cm³/mol. The highest BCUT2D eigenvalue weighted by atomic mass is 16.3. The van der Waals surface area contributed by atoms with Gasteiger partial charge in [-0.1, -0.05) is 11.3 Å². The highest BCUT2D eigenvalue weighted by Crippen LogP contribution is 2.11. The number of aliphatic hydroxyl groups is 1. The van der Waals surface area contributed by atoms with E-state index in [1.165, 1.54) is 0 Å². The maximum atomic E-state index is 8.68. The normalized spacial score (nSPS) is 10.5. The summed E-state index contributed by atoms with van der Waals surface area (Å²) in [6.07, 6.45) is 4.24. The maximum absolute atomic E-state index is 8.68. The van der Waals surface area contributed by atoms with E-state index in [4.69, 9.17) is 5.11 Å². The molecule has 1 N–H and O–H groups in total. The molecule has 5 heteroatoms. The summed E-state index contributed by atoms with van der Waals surface area (Å²) in [4.78, 5) is 4.18. The molecule has 0 aliphatic heterocycles. The van der Waals surface area contributed by atoms with Crippen molar-refractivity contribution >= 4 is 0 Å². The Morgan fingerprint density at radius 2 is 2.20 bits per heavy atom. The van der Waals surface area contributed by atoms with Crippen LogP contribution in [0.25, 0.3) is 11.4 Å². The molecule has 0 amide bonds. The van der Waals surface area contributed by atoms with Gasteiger partial charge < -0.3 is 5.11 Å². The van der Waals surface area contributed by atoms with Crippen molar-refractivity contribution < 1.29 is 5.11 Å². The molecule has 0 bridgehead atoms. The van der Waals surface area contributed by atoms with Gasteiger partial charge in [0.1, 0.15) is 5.69 Å². The summed E-state index contributed by atoms with van der Waals surface area (Å²) < 4.78 is 1.71. The van der Waals surface area contributed by atoms with Crippen LogP contribution in [0.1, 0.15) is 6.42 Å². The highest BCUT2D eigenvalue weighted by molar-refractivity contribution is 5.51. The second kappa shape index (κ2) is 4.65. The van der Waals surface area contributed by atoms with Crippen molar-refractivity contribution in [3.63, 3.8) is 0 Å². The van der Waals surface area contributed by atoms with Crippen molar-refractivity contribution in [2.45, 2.75) is 13.0 Å². The summed E-state index contributed by atoms with van der Waals surface area (Å²) in [6, 6.07) is 5.66. The molecule has 2 heterocycles. The quantitative estimate of drug-likeness (QED) is 0.797. The minimum Gasteiger partial charge on any atom is -0.396 e. The summed E-state index contributed by atoms with van der Waals surface area (Å²) in [6.45, 7) is 0.842. The van der Waals surface area contributed by atoms with Crippen molar-refractivity contribution in [2.24, 2.45) is 0 Å². The zero-order chi connectivity index (χ0) is 10.5. The first-order chi connectivity index (χ1) is 7.40. The fraction of sp³-hybridized carbons (Fsp3) is 0.300. The summed E-state index contributed by atoms with van der Waals surface area (Å²) in [7, 11) is 0. The third-order valence-corrected chi connectivity index (χ3v) is 2.01. The topological polar surface area (TPSA) is 63.8 Å². The van der Waals surface area contributed by atoms with Gasteiger partial charge in [0, 0.05) is 19.3 Å². The zero-order valence-corrected chi connectivity index (χ0v) is 8.24. The van der Waals surface area contributed by atoms with Gasteiger partial charge in [-0.2, -0.15) is 0 Å². The molecule has 0 aliphatic rings. The molecule has 5 nitrogen and oxygen atoms in total. The lowest BCUT2D eigenvalue weighted by molar-refractivity contribution is 0.276. The molecule has 0 saturated carbocycles. The number of rotatable bonds is 4. The second-order valence-corrected chi connectivity index (χ2v) is 3.16. The van der Waals surface area contributed by atoms with Crippen molar-refractivity contribution in [1.29, 1.82) is 0 Å². The van der Waals surface area contributed by atoms with Crippen LogP contribution in [-0.4, -0.2) is 31.7 Å². The number of pyridine rings is 1. The summed E-state index contributed by atoms with van der Waals surface area (Å²) in [5.41, 5.74) is 1.57. The molecule has 2 aromatic rings. The standard InChI is InChI=1S/C10H12N4O/c15-7-3-6-14-8-10(12-13-14)9-4-1-2-5-11-9/h1-2,4-5,8,15H,3,6-7H2. The average molecular weight is 204 g/mol. The summed E-state index contributed by atoms with van der Waals surface area (Å²) >= 11 is 0. The van der Waals surface area contributed by atoms with E-state index in [0.29, 0.717) is 13.0 Å². The smallest absolute Gasteiger partial charge is 0.131 e. The van der Waals surface area contributed by atoms with E-state index in [1.807, 2.05) is 24.4 Å². The van der Waals surface area contributed by atoms with Gasteiger partial charge in [0.05, 0.1) is 11.9 Å². The van der Waals surface area contributed by atoms with Crippen molar-refractivity contribution in [3.8, 4) is 11.4 Å². The number of aliphatic hydroxyl groups excluding tert-OH is 1. The van der Waals surface area contributed by atoms with E-state index in [9.17, 15) is 0 Å². The van der Waals surface area contributed by atoms with Gasteiger partial charge >= 0.3 is 0 Å². The van der Waals surface area contributed by atoms with Crippen LogP contribution in [0.5, 0.6) is 0 Å². The van der Waals surface area contributed by atoms with Crippen LogP contribution >= 0.6 is 0 Å². The molecular weight excluding hydrogens is 192 g/mol. The number of nitrogens with zero attached hydrogens (tertiary/aromatic N) is 4. The monoisotopic (exact) mass is 204 g/mol. The van der Waals surface area contributed by atoms with Gasteiger partial charge in [-0.05, 0) is 18.6 Å².